The van der Waals surface area contributed by atoms with E-state index >= 15 is 0 Å². The van der Waals surface area contributed by atoms with Gasteiger partial charge in [0.15, 0.2) is 5.76 Å². The van der Waals surface area contributed by atoms with E-state index in [0.717, 1.165) is 56.8 Å². The summed E-state index contributed by atoms with van der Waals surface area (Å²) in [5.74, 6) is 1.80. The molecular formula is C33H27N5O3S. The Morgan fingerprint density at radius 1 is 1.00 bits per heavy atom. The van der Waals surface area contributed by atoms with Crippen LogP contribution in [-0.2, 0) is 0 Å². The molecule has 0 fully saturated rings. The molecule has 4 aromatic heterocycles. The zero-order valence-electron chi connectivity index (χ0n) is 23.4. The van der Waals surface area contributed by atoms with E-state index < -0.39 is 0 Å². The summed E-state index contributed by atoms with van der Waals surface area (Å²) in [6, 6.07) is 23.7. The molecule has 0 spiro atoms. The molecule has 7 rings (SSSR count). The van der Waals surface area contributed by atoms with Crippen molar-refractivity contribution in [2.45, 2.75) is 27.2 Å². The van der Waals surface area contributed by atoms with Crippen LogP contribution in [0.5, 0.6) is 5.75 Å². The van der Waals surface area contributed by atoms with E-state index in [9.17, 15) is 4.79 Å². The third kappa shape index (κ3) is 4.48. The van der Waals surface area contributed by atoms with E-state index in [1.807, 2.05) is 104 Å². The average Bonchev–Trinajstić information content (AvgIpc) is 3.76. The van der Waals surface area contributed by atoms with Crippen LogP contribution in [0.15, 0.2) is 88.2 Å². The van der Waals surface area contributed by atoms with Gasteiger partial charge in [-0.05, 0) is 68.3 Å². The molecule has 0 unspecified atom stereocenters. The summed E-state index contributed by atoms with van der Waals surface area (Å²) in [6.07, 6.45) is 4.76. The fraction of sp³-hybridized carbons (Fsp3) is 0.152. The number of nitrogens with zero attached hydrogens (tertiary/aromatic N) is 5. The van der Waals surface area contributed by atoms with Gasteiger partial charge in [-0.1, -0.05) is 54.7 Å². The van der Waals surface area contributed by atoms with Gasteiger partial charge in [0, 0.05) is 28.3 Å². The lowest BCUT2D eigenvalue weighted by Gasteiger charge is -2.09. The molecule has 0 aliphatic heterocycles. The molecule has 0 aliphatic rings. The number of ether oxygens (including phenoxy) is 1. The Labute approximate surface area is 245 Å². The highest BCUT2D eigenvalue weighted by molar-refractivity contribution is 7.15. The van der Waals surface area contributed by atoms with Crippen LogP contribution in [0, 0.1) is 13.8 Å². The number of rotatable bonds is 7. The fourth-order valence-corrected chi connectivity index (χ4v) is 5.98. The minimum Gasteiger partial charge on any atom is -0.494 e. The number of furan rings is 1. The monoisotopic (exact) mass is 573 g/mol. The van der Waals surface area contributed by atoms with E-state index in [1.165, 1.54) is 15.9 Å². The lowest BCUT2D eigenvalue weighted by atomic mass is 10.0. The molecule has 208 valence electrons. The molecule has 42 heavy (non-hydrogen) atoms. The molecule has 0 aliphatic carbocycles. The molecule has 0 bridgehead atoms. The van der Waals surface area contributed by atoms with Crippen LogP contribution in [0.3, 0.4) is 0 Å². The molecule has 0 radical (unpaired) electrons. The third-order valence-electron chi connectivity index (χ3n) is 7.20. The second-order valence-corrected chi connectivity index (χ2v) is 11.1. The Balaban J connectivity index is 1.34. The van der Waals surface area contributed by atoms with Crippen LogP contribution in [0.2, 0.25) is 0 Å². The number of aromatic nitrogens is 5. The Morgan fingerprint density at radius 3 is 2.57 bits per heavy atom. The minimum atomic E-state index is -0.235. The van der Waals surface area contributed by atoms with Gasteiger partial charge in [-0.15, -0.1) is 5.10 Å². The van der Waals surface area contributed by atoms with Crippen LogP contribution < -0.4 is 14.8 Å². The van der Waals surface area contributed by atoms with Crippen molar-refractivity contribution in [3.63, 3.8) is 0 Å². The first kappa shape index (κ1) is 25.9. The van der Waals surface area contributed by atoms with Gasteiger partial charge in [0.05, 0.1) is 16.8 Å². The number of para-hydroxylation sites is 2. The number of thiazole rings is 1. The summed E-state index contributed by atoms with van der Waals surface area (Å²) in [7, 11) is 0. The second-order valence-electron chi connectivity index (χ2n) is 10.1. The largest absolute Gasteiger partial charge is 0.494 e. The van der Waals surface area contributed by atoms with Crippen molar-refractivity contribution < 1.29 is 9.15 Å². The lowest BCUT2D eigenvalue weighted by Crippen LogP contribution is -2.23. The van der Waals surface area contributed by atoms with Crippen molar-refractivity contribution in [3.05, 3.63) is 111 Å². The number of fused-ring (bicyclic) bond motifs is 2. The van der Waals surface area contributed by atoms with Crippen LogP contribution in [-0.4, -0.2) is 31.0 Å². The summed E-state index contributed by atoms with van der Waals surface area (Å²) in [5.41, 5.74) is 6.00. The zero-order valence-corrected chi connectivity index (χ0v) is 24.2. The van der Waals surface area contributed by atoms with Gasteiger partial charge in [-0.3, -0.25) is 4.79 Å². The Hall–Kier alpha value is -5.02. The maximum Gasteiger partial charge on any atom is 0.291 e. The van der Waals surface area contributed by atoms with E-state index in [0.29, 0.717) is 27.7 Å². The van der Waals surface area contributed by atoms with Gasteiger partial charge in [-0.25, -0.2) is 4.68 Å². The van der Waals surface area contributed by atoms with E-state index in [4.69, 9.17) is 14.3 Å². The van der Waals surface area contributed by atoms with Gasteiger partial charge in [0.2, 0.25) is 10.8 Å². The van der Waals surface area contributed by atoms with Gasteiger partial charge < -0.3 is 9.15 Å². The van der Waals surface area contributed by atoms with Gasteiger partial charge in [-0.2, -0.15) is 14.6 Å². The molecule has 0 saturated carbocycles. The lowest BCUT2D eigenvalue weighted by molar-refractivity contribution is 0.317. The Kier molecular flexibility index (Phi) is 6.43. The predicted octanol–water partition coefficient (Wildman–Crippen LogP) is 6.37. The standard InChI is InChI=1S/C33H27N5O3S/c1-4-16-40-24-14-15-25(20(2)17-24)29-22(19-37(35-29)23-10-6-5-7-11-23)18-28-32(39)38-33(42-28)34-31(36-38)30-21(3)26-12-8-9-13-27(26)41-30/h5-15,17-19H,4,16H2,1-3H3. The van der Waals surface area contributed by atoms with E-state index in [1.54, 1.807) is 0 Å². The second kappa shape index (κ2) is 10.4. The predicted molar refractivity (Wildman–Crippen MR) is 165 cm³/mol. The van der Waals surface area contributed by atoms with Crippen molar-refractivity contribution in [3.8, 4) is 34.3 Å². The summed E-state index contributed by atoms with van der Waals surface area (Å²) >= 11 is 1.29. The number of hydrogen-bond donors (Lipinski definition) is 0. The summed E-state index contributed by atoms with van der Waals surface area (Å²) in [5, 5.41) is 10.5. The first-order valence-electron chi connectivity index (χ1n) is 13.8. The topological polar surface area (TPSA) is 87.4 Å². The SMILES string of the molecule is CCCOc1ccc(-c2nn(-c3ccccc3)cc2C=c2sc3nc(-c4oc5ccccc5c4C)nn3c2=O)c(C)c1. The molecule has 0 saturated heterocycles. The molecule has 7 aromatic rings. The van der Waals surface area contributed by atoms with Crippen LogP contribution in [0.4, 0.5) is 0 Å². The zero-order chi connectivity index (χ0) is 28.8. The Morgan fingerprint density at radius 2 is 1.81 bits per heavy atom. The van der Waals surface area contributed by atoms with E-state index in [2.05, 4.69) is 17.0 Å². The van der Waals surface area contributed by atoms with Crippen molar-refractivity contribution >= 4 is 33.3 Å². The molecule has 4 heterocycles. The highest BCUT2D eigenvalue weighted by atomic mass is 32.1. The average molecular weight is 574 g/mol. The summed E-state index contributed by atoms with van der Waals surface area (Å²) < 4.78 is 15.6. The first-order chi connectivity index (χ1) is 20.5. The van der Waals surface area contributed by atoms with Crippen molar-refractivity contribution in [1.29, 1.82) is 0 Å². The molecule has 9 heteroatoms. The Bertz CT molecular complexity index is 2190. The van der Waals surface area contributed by atoms with Gasteiger partial charge in [0.1, 0.15) is 17.0 Å². The highest BCUT2D eigenvalue weighted by Crippen LogP contribution is 2.32. The van der Waals surface area contributed by atoms with Crippen molar-refractivity contribution in [2.75, 3.05) is 6.61 Å². The summed E-state index contributed by atoms with van der Waals surface area (Å²) in [6.45, 7) is 6.77. The molecular weight excluding hydrogens is 546 g/mol. The molecule has 0 amide bonds. The maximum atomic E-state index is 13.5. The number of aryl methyl sites for hydroxylation is 2. The number of hydrogen-bond acceptors (Lipinski definition) is 7. The quantitative estimate of drug-likeness (QED) is 0.220. The number of benzene rings is 3. The van der Waals surface area contributed by atoms with Crippen LogP contribution in [0.25, 0.3) is 50.5 Å². The molecule has 0 atom stereocenters. The van der Waals surface area contributed by atoms with Gasteiger partial charge in [0.25, 0.3) is 5.56 Å². The normalized spacial score (nSPS) is 12.1. The minimum absolute atomic E-state index is 0.235. The third-order valence-corrected chi connectivity index (χ3v) is 8.16. The maximum absolute atomic E-state index is 13.5. The fourth-order valence-electron chi connectivity index (χ4n) is 5.09. The molecule has 8 nitrogen and oxygen atoms in total. The van der Waals surface area contributed by atoms with Crippen molar-refractivity contribution in [1.82, 2.24) is 24.4 Å². The molecule has 3 aromatic carbocycles. The van der Waals surface area contributed by atoms with E-state index in [-0.39, 0.29) is 5.56 Å². The highest BCUT2D eigenvalue weighted by Gasteiger charge is 2.20. The van der Waals surface area contributed by atoms with Gasteiger partial charge >= 0.3 is 0 Å². The smallest absolute Gasteiger partial charge is 0.291 e. The van der Waals surface area contributed by atoms with Crippen LogP contribution >= 0.6 is 11.3 Å². The summed E-state index contributed by atoms with van der Waals surface area (Å²) in [4.78, 5) is 18.7. The molecule has 0 N–H and O–H groups in total. The van der Waals surface area contributed by atoms with Crippen LogP contribution in [0.1, 0.15) is 30.0 Å². The van der Waals surface area contributed by atoms with Crippen molar-refractivity contribution in [2.24, 2.45) is 0 Å². The first-order valence-corrected chi connectivity index (χ1v) is 14.6.